The monoisotopic (exact) mass is 220 g/mol. The zero-order chi connectivity index (χ0) is 11.5. The Morgan fingerprint density at radius 3 is 2.56 bits per heavy atom. The molecule has 88 valence electrons. The molecule has 0 radical (unpaired) electrons. The van der Waals surface area contributed by atoms with Crippen molar-refractivity contribution in [1.29, 1.82) is 0 Å². The van der Waals surface area contributed by atoms with Gasteiger partial charge < -0.3 is 15.4 Å². The molecular weight excluding hydrogens is 200 g/mol. The molecule has 1 aromatic carbocycles. The topological polar surface area (TPSA) is 38.5 Å². The number of methoxy groups -OCH3 is 1. The van der Waals surface area contributed by atoms with Crippen LogP contribution in [0.5, 0.6) is 5.75 Å². The van der Waals surface area contributed by atoms with Crippen LogP contribution < -0.4 is 10.5 Å². The van der Waals surface area contributed by atoms with Crippen LogP contribution in [-0.4, -0.2) is 32.1 Å². The fourth-order valence-corrected chi connectivity index (χ4v) is 2.35. The second-order valence-electron chi connectivity index (χ2n) is 4.58. The first-order valence-corrected chi connectivity index (χ1v) is 5.82. The van der Waals surface area contributed by atoms with Gasteiger partial charge in [-0.05, 0) is 56.6 Å². The minimum absolute atomic E-state index is 0.657. The molecule has 1 fully saturated rings. The molecule has 1 aromatic rings. The molecular formula is C13H20N2O. The van der Waals surface area contributed by atoms with Gasteiger partial charge in [-0.15, -0.1) is 0 Å². The van der Waals surface area contributed by atoms with Gasteiger partial charge in [-0.25, -0.2) is 0 Å². The smallest absolute Gasteiger partial charge is 0.141 e. The zero-order valence-electron chi connectivity index (χ0n) is 10.1. The van der Waals surface area contributed by atoms with E-state index in [4.69, 9.17) is 10.5 Å². The van der Waals surface area contributed by atoms with E-state index in [1.165, 1.54) is 31.5 Å². The Balaban J connectivity index is 2.12. The van der Waals surface area contributed by atoms with E-state index in [9.17, 15) is 0 Å². The average molecular weight is 220 g/mol. The summed E-state index contributed by atoms with van der Waals surface area (Å²) in [4.78, 5) is 2.38. The Hall–Kier alpha value is -1.22. The van der Waals surface area contributed by atoms with Crippen LogP contribution in [0, 0.1) is 0 Å². The molecule has 0 amide bonds. The Bertz CT molecular complexity index is 357. The van der Waals surface area contributed by atoms with Crippen molar-refractivity contribution < 1.29 is 4.74 Å². The number of hydrogen-bond donors (Lipinski definition) is 1. The van der Waals surface area contributed by atoms with E-state index in [0.29, 0.717) is 5.92 Å². The van der Waals surface area contributed by atoms with Crippen molar-refractivity contribution in [3.63, 3.8) is 0 Å². The highest BCUT2D eigenvalue weighted by molar-refractivity contribution is 5.54. The van der Waals surface area contributed by atoms with E-state index in [1.54, 1.807) is 7.11 Å². The number of ether oxygens (including phenoxy) is 1. The van der Waals surface area contributed by atoms with Gasteiger partial charge in [-0.1, -0.05) is 6.07 Å². The van der Waals surface area contributed by atoms with Gasteiger partial charge >= 0.3 is 0 Å². The number of likely N-dealkylation sites (tertiary alicyclic amines) is 1. The van der Waals surface area contributed by atoms with E-state index >= 15 is 0 Å². The first-order chi connectivity index (χ1) is 7.70. The van der Waals surface area contributed by atoms with Crippen molar-refractivity contribution in [3.8, 4) is 5.75 Å². The van der Waals surface area contributed by atoms with Crippen LogP contribution in [0.4, 0.5) is 5.69 Å². The Morgan fingerprint density at radius 1 is 1.31 bits per heavy atom. The molecule has 2 rings (SSSR count). The third kappa shape index (κ3) is 2.30. The highest BCUT2D eigenvalue weighted by Gasteiger charge is 2.18. The first-order valence-electron chi connectivity index (χ1n) is 5.82. The van der Waals surface area contributed by atoms with Crippen molar-refractivity contribution in [2.45, 2.75) is 18.8 Å². The number of rotatable bonds is 2. The van der Waals surface area contributed by atoms with E-state index < -0.39 is 0 Å². The second kappa shape index (κ2) is 4.74. The van der Waals surface area contributed by atoms with Gasteiger partial charge in [-0.3, -0.25) is 0 Å². The summed E-state index contributed by atoms with van der Waals surface area (Å²) < 4.78 is 5.17. The Morgan fingerprint density at radius 2 is 2.00 bits per heavy atom. The Kier molecular flexibility index (Phi) is 3.34. The predicted molar refractivity (Wildman–Crippen MR) is 66.9 cm³/mol. The van der Waals surface area contributed by atoms with Gasteiger partial charge in [0.05, 0.1) is 12.8 Å². The number of nitrogens with zero attached hydrogens (tertiary/aromatic N) is 1. The maximum atomic E-state index is 5.93. The number of nitrogen functional groups attached to an aromatic ring is 1. The fourth-order valence-electron chi connectivity index (χ4n) is 2.35. The van der Waals surface area contributed by atoms with Gasteiger partial charge in [0.25, 0.3) is 0 Å². The van der Waals surface area contributed by atoms with Crippen LogP contribution in [0.2, 0.25) is 0 Å². The standard InChI is InChI=1S/C13H20N2O/c1-15-7-5-10(6-8-15)11-3-4-13(16-2)12(14)9-11/h3-4,9-10H,5-8,14H2,1-2H3. The predicted octanol–water partition coefficient (Wildman–Crippen LogP) is 2.09. The maximum absolute atomic E-state index is 5.93. The molecule has 0 spiro atoms. The van der Waals surface area contributed by atoms with Gasteiger partial charge in [0, 0.05) is 0 Å². The van der Waals surface area contributed by atoms with Gasteiger partial charge in [-0.2, -0.15) is 0 Å². The van der Waals surface area contributed by atoms with E-state index in [2.05, 4.69) is 24.1 Å². The number of piperidine rings is 1. The van der Waals surface area contributed by atoms with Crippen molar-refractivity contribution in [2.24, 2.45) is 0 Å². The summed E-state index contributed by atoms with van der Waals surface area (Å²) in [6.07, 6.45) is 2.45. The van der Waals surface area contributed by atoms with Crippen molar-refractivity contribution in [2.75, 3.05) is 33.0 Å². The molecule has 1 heterocycles. The first kappa shape index (κ1) is 11.3. The molecule has 0 aromatic heterocycles. The Labute approximate surface area is 97.2 Å². The van der Waals surface area contributed by atoms with Crippen LogP contribution in [0.25, 0.3) is 0 Å². The third-order valence-electron chi connectivity index (χ3n) is 3.44. The lowest BCUT2D eigenvalue weighted by Gasteiger charge is -2.29. The molecule has 0 bridgehead atoms. The van der Waals surface area contributed by atoms with Crippen molar-refractivity contribution in [1.82, 2.24) is 4.90 Å². The summed E-state index contributed by atoms with van der Waals surface area (Å²) in [7, 11) is 3.83. The highest BCUT2D eigenvalue weighted by atomic mass is 16.5. The molecule has 16 heavy (non-hydrogen) atoms. The van der Waals surface area contributed by atoms with E-state index in [-0.39, 0.29) is 0 Å². The zero-order valence-corrected chi connectivity index (χ0v) is 10.1. The van der Waals surface area contributed by atoms with Crippen molar-refractivity contribution >= 4 is 5.69 Å². The molecule has 1 saturated heterocycles. The number of anilines is 1. The lowest BCUT2D eigenvalue weighted by Crippen LogP contribution is -2.29. The van der Waals surface area contributed by atoms with Crippen LogP contribution >= 0.6 is 0 Å². The fraction of sp³-hybridized carbons (Fsp3) is 0.538. The minimum Gasteiger partial charge on any atom is -0.495 e. The molecule has 1 aliphatic rings. The SMILES string of the molecule is COc1ccc(C2CCN(C)CC2)cc1N. The van der Waals surface area contributed by atoms with Gasteiger partial charge in [0.2, 0.25) is 0 Å². The van der Waals surface area contributed by atoms with Gasteiger partial charge in [0.1, 0.15) is 5.75 Å². The highest BCUT2D eigenvalue weighted by Crippen LogP contribution is 2.31. The molecule has 2 N–H and O–H groups in total. The van der Waals surface area contributed by atoms with Gasteiger partial charge in [0.15, 0.2) is 0 Å². The maximum Gasteiger partial charge on any atom is 0.141 e. The van der Waals surface area contributed by atoms with Crippen molar-refractivity contribution in [3.05, 3.63) is 23.8 Å². The van der Waals surface area contributed by atoms with Crippen LogP contribution in [0.1, 0.15) is 24.3 Å². The lowest BCUT2D eigenvalue weighted by atomic mass is 9.89. The number of nitrogens with two attached hydrogens (primary N) is 1. The third-order valence-corrected chi connectivity index (χ3v) is 3.44. The molecule has 3 nitrogen and oxygen atoms in total. The van der Waals surface area contributed by atoms with Crippen LogP contribution in [0.15, 0.2) is 18.2 Å². The number of hydrogen-bond acceptors (Lipinski definition) is 3. The van der Waals surface area contributed by atoms with Crippen LogP contribution in [0.3, 0.4) is 0 Å². The van der Waals surface area contributed by atoms with Crippen LogP contribution in [-0.2, 0) is 0 Å². The molecule has 0 saturated carbocycles. The van der Waals surface area contributed by atoms with E-state index in [0.717, 1.165) is 11.4 Å². The quantitative estimate of drug-likeness (QED) is 0.776. The van der Waals surface area contributed by atoms with E-state index in [1.807, 2.05) is 6.07 Å². The summed E-state index contributed by atoms with van der Waals surface area (Å²) in [5.74, 6) is 1.43. The summed E-state index contributed by atoms with van der Waals surface area (Å²) >= 11 is 0. The molecule has 0 atom stereocenters. The largest absolute Gasteiger partial charge is 0.495 e. The summed E-state index contributed by atoms with van der Waals surface area (Å²) in [6, 6.07) is 6.18. The molecule has 3 heteroatoms. The molecule has 1 aliphatic heterocycles. The molecule has 0 aliphatic carbocycles. The summed E-state index contributed by atoms with van der Waals surface area (Å²) in [5.41, 5.74) is 8.03. The molecule has 0 unspecified atom stereocenters. The second-order valence-corrected chi connectivity index (χ2v) is 4.58. The summed E-state index contributed by atoms with van der Waals surface area (Å²) in [6.45, 7) is 2.35. The average Bonchev–Trinajstić information content (AvgIpc) is 2.30. The number of benzene rings is 1. The summed E-state index contributed by atoms with van der Waals surface area (Å²) in [5, 5.41) is 0. The normalized spacial score (nSPS) is 18.6. The lowest BCUT2D eigenvalue weighted by molar-refractivity contribution is 0.255. The minimum atomic E-state index is 0.657.